The van der Waals surface area contributed by atoms with E-state index in [1.165, 1.54) is 6.20 Å². The summed E-state index contributed by atoms with van der Waals surface area (Å²) >= 11 is 0. The number of fused-ring (bicyclic) bond motifs is 1. The predicted molar refractivity (Wildman–Crippen MR) is 89.9 cm³/mol. The van der Waals surface area contributed by atoms with Crippen LogP contribution in [0.3, 0.4) is 0 Å². The van der Waals surface area contributed by atoms with Gasteiger partial charge in [-0.2, -0.15) is 0 Å². The number of carboxylic acid groups (broad SMARTS) is 1. The molecule has 0 aliphatic rings. The first kappa shape index (κ1) is 16.7. The van der Waals surface area contributed by atoms with Crippen molar-refractivity contribution in [2.45, 2.75) is 20.8 Å². The van der Waals surface area contributed by atoms with Gasteiger partial charge in [-0.3, -0.25) is 9.78 Å². The van der Waals surface area contributed by atoms with Crippen LogP contribution in [0.25, 0.3) is 10.9 Å². The molecular weight excluding hydrogens is 294 g/mol. The summed E-state index contributed by atoms with van der Waals surface area (Å²) in [5, 5.41) is 13.1. The Balaban J connectivity index is 2.40. The molecule has 0 bridgehead atoms. The van der Waals surface area contributed by atoms with Gasteiger partial charge >= 0.3 is 5.97 Å². The van der Waals surface area contributed by atoms with E-state index < -0.39 is 5.97 Å². The number of rotatable bonds is 6. The molecule has 1 aromatic heterocycles. The summed E-state index contributed by atoms with van der Waals surface area (Å²) in [6.07, 6.45) is 1.32. The molecule has 0 aliphatic heterocycles. The molecule has 2 rings (SSSR count). The summed E-state index contributed by atoms with van der Waals surface area (Å²) in [6, 6.07) is 5.63. The van der Waals surface area contributed by atoms with Crippen molar-refractivity contribution in [1.29, 1.82) is 0 Å². The number of likely N-dealkylation sites (N-methyl/N-ethyl adjacent to an activating group) is 1. The molecule has 6 heteroatoms. The van der Waals surface area contributed by atoms with Crippen LogP contribution >= 0.6 is 0 Å². The number of anilines is 1. The molecule has 0 atom stereocenters. The highest BCUT2D eigenvalue weighted by molar-refractivity contribution is 6.05. The number of aromatic nitrogens is 1. The van der Waals surface area contributed by atoms with E-state index >= 15 is 0 Å². The maximum absolute atomic E-state index is 12.2. The van der Waals surface area contributed by atoms with Crippen LogP contribution in [0.4, 0.5) is 5.69 Å². The van der Waals surface area contributed by atoms with Gasteiger partial charge in [0, 0.05) is 24.7 Å². The molecule has 0 saturated carbocycles. The average Bonchev–Trinajstić information content (AvgIpc) is 2.53. The normalized spacial score (nSPS) is 10.6. The van der Waals surface area contributed by atoms with Gasteiger partial charge in [0.1, 0.15) is 5.56 Å². The smallest absolute Gasteiger partial charge is 0.339 e. The lowest BCUT2D eigenvalue weighted by molar-refractivity contribution is -0.128. The number of carboxylic acids is 1. The summed E-state index contributed by atoms with van der Waals surface area (Å²) < 4.78 is 0. The van der Waals surface area contributed by atoms with Crippen molar-refractivity contribution in [2.24, 2.45) is 0 Å². The first-order chi connectivity index (χ1) is 11.0. The van der Waals surface area contributed by atoms with E-state index in [4.69, 9.17) is 0 Å². The van der Waals surface area contributed by atoms with Gasteiger partial charge in [0.25, 0.3) is 0 Å². The number of amides is 1. The van der Waals surface area contributed by atoms with Crippen molar-refractivity contribution in [3.05, 3.63) is 35.5 Å². The highest BCUT2D eigenvalue weighted by Crippen LogP contribution is 2.27. The van der Waals surface area contributed by atoms with E-state index in [1.807, 2.05) is 39.0 Å². The van der Waals surface area contributed by atoms with Crippen molar-refractivity contribution in [3.63, 3.8) is 0 Å². The molecule has 1 heterocycles. The highest BCUT2D eigenvalue weighted by atomic mass is 16.4. The second kappa shape index (κ2) is 7.09. The number of hydrogen-bond donors (Lipinski definition) is 2. The molecule has 0 spiro atoms. The minimum atomic E-state index is -1.07. The van der Waals surface area contributed by atoms with Crippen molar-refractivity contribution in [2.75, 3.05) is 25.0 Å². The molecule has 2 N–H and O–H groups in total. The molecular formula is C17H21N3O3. The molecule has 1 amide bonds. The molecule has 23 heavy (non-hydrogen) atoms. The number of hydrogen-bond acceptors (Lipinski definition) is 4. The lowest BCUT2D eigenvalue weighted by Gasteiger charge is -2.20. The SMILES string of the molecule is CCN(CC)C(=O)CNc1c(C(=O)O)cnc2ccc(C)cc12. The summed E-state index contributed by atoms with van der Waals surface area (Å²) in [4.78, 5) is 29.5. The number of benzene rings is 1. The molecule has 0 fully saturated rings. The first-order valence-corrected chi connectivity index (χ1v) is 7.62. The van der Waals surface area contributed by atoms with E-state index in [2.05, 4.69) is 10.3 Å². The van der Waals surface area contributed by atoms with Crippen LogP contribution in [0.5, 0.6) is 0 Å². The van der Waals surface area contributed by atoms with E-state index in [1.54, 1.807) is 4.90 Å². The molecule has 1 aromatic carbocycles. The van der Waals surface area contributed by atoms with Crippen molar-refractivity contribution in [3.8, 4) is 0 Å². The minimum absolute atomic E-state index is 0.0506. The summed E-state index contributed by atoms with van der Waals surface area (Å²) in [5.41, 5.74) is 2.19. The van der Waals surface area contributed by atoms with Crippen molar-refractivity contribution < 1.29 is 14.7 Å². The number of nitrogens with zero attached hydrogens (tertiary/aromatic N) is 2. The second-order valence-electron chi connectivity index (χ2n) is 5.29. The van der Waals surface area contributed by atoms with Crippen molar-refractivity contribution in [1.82, 2.24) is 9.88 Å². The van der Waals surface area contributed by atoms with E-state index in [0.29, 0.717) is 29.7 Å². The van der Waals surface area contributed by atoms with E-state index in [0.717, 1.165) is 5.56 Å². The van der Waals surface area contributed by atoms with Crippen LogP contribution in [-0.2, 0) is 4.79 Å². The van der Waals surface area contributed by atoms with Crippen molar-refractivity contribution >= 4 is 28.5 Å². The lowest BCUT2D eigenvalue weighted by Crippen LogP contribution is -2.35. The summed E-state index contributed by atoms with van der Waals surface area (Å²) in [7, 11) is 0. The summed E-state index contributed by atoms with van der Waals surface area (Å²) in [5.74, 6) is -1.14. The van der Waals surface area contributed by atoms with Gasteiger partial charge in [0.15, 0.2) is 0 Å². The Morgan fingerprint density at radius 3 is 2.57 bits per heavy atom. The monoisotopic (exact) mass is 315 g/mol. The van der Waals surface area contributed by atoms with Gasteiger partial charge in [-0.25, -0.2) is 4.79 Å². The standard InChI is InChI=1S/C17H21N3O3/c1-4-20(5-2)15(21)10-19-16-12-8-11(3)6-7-14(12)18-9-13(16)17(22)23/h6-9H,4-5,10H2,1-3H3,(H,18,19)(H,22,23). The van der Waals surface area contributed by atoms with Crippen LogP contribution in [-0.4, -0.2) is 46.5 Å². The Morgan fingerprint density at radius 2 is 1.96 bits per heavy atom. The second-order valence-corrected chi connectivity index (χ2v) is 5.29. The fraction of sp³-hybridized carbons (Fsp3) is 0.353. The van der Waals surface area contributed by atoms with E-state index in [9.17, 15) is 14.7 Å². The van der Waals surface area contributed by atoms with Gasteiger partial charge in [0.05, 0.1) is 17.7 Å². The predicted octanol–water partition coefficient (Wildman–Crippen LogP) is 2.52. The molecule has 6 nitrogen and oxygen atoms in total. The van der Waals surface area contributed by atoms with E-state index in [-0.39, 0.29) is 18.0 Å². The maximum atomic E-state index is 12.2. The Hall–Kier alpha value is -2.63. The first-order valence-electron chi connectivity index (χ1n) is 7.62. The lowest BCUT2D eigenvalue weighted by atomic mass is 10.1. The van der Waals surface area contributed by atoms with Gasteiger partial charge < -0.3 is 15.3 Å². The third-order valence-electron chi connectivity index (χ3n) is 3.79. The minimum Gasteiger partial charge on any atom is -0.478 e. The molecule has 0 saturated heterocycles. The quantitative estimate of drug-likeness (QED) is 0.856. The number of aromatic carboxylic acids is 1. The molecule has 2 aromatic rings. The third-order valence-corrected chi connectivity index (χ3v) is 3.79. The Morgan fingerprint density at radius 1 is 1.26 bits per heavy atom. The fourth-order valence-corrected chi connectivity index (χ4v) is 2.51. The number of nitrogens with one attached hydrogen (secondary N) is 1. The number of pyridine rings is 1. The molecule has 0 unspecified atom stereocenters. The number of aryl methyl sites for hydroxylation is 1. The van der Waals surface area contributed by atoms with Gasteiger partial charge in [0.2, 0.25) is 5.91 Å². The highest BCUT2D eigenvalue weighted by Gasteiger charge is 2.17. The van der Waals surface area contributed by atoms with Crippen LogP contribution in [0.2, 0.25) is 0 Å². The van der Waals surface area contributed by atoms with Gasteiger partial charge in [-0.1, -0.05) is 11.6 Å². The van der Waals surface area contributed by atoms with Gasteiger partial charge in [-0.05, 0) is 32.9 Å². The zero-order chi connectivity index (χ0) is 17.0. The largest absolute Gasteiger partial charge is 0.478 e. The van der Waals surface area contributed by atoms with Crippen LogP contribution < -0.4 is 5.32 Å². The topological polar surface area (TPSA) is 82.5 Å². The average molecular weight is 315 g/mol. The van der Waals surface area contributed by atoms with Crippen LogP contribution in [0.15, 0.2) is 24.4 Å². The number of carbonyl (C=O) groups excluding carboxylic acids is 1. The molecule has 0 aliphatic carbocycles. The van der Waals surface area contributed by atoms with Crippen LogP contribution in [0.1, 0.15) is 29.8 Å². The third kappa shape index (κ3) is 3.59. The summed E-state index contributed by atoms with van der Waals surface area (Å²) in [6.45, 7) is 7.05. The molecule has 122 valence electrons. The van der Waals surface area contributed by atoms with Crippen LogP contribution in [0, 0.1) is 6.92 Å². The Kier molecular flexibility index (Phi) is 5.16. The maximum Gasteiger partial charge on any atom is 0.339 e. The zero-order valence-electron chi connectivity index (χ0n) is 13.6. The number of carbonyl (C=O) groups is 2. The Labute approximate surface area is 135 Å². The zero-order valence-corrected chi connectivity index (χ0v) is 13.6. The molecule has 0 radical (unpaired) electrons. The fourth-order valence-electron chi connectivity index (χ4n) is 2.51. The van der Waals surface area contributed by atoms with Gasteiger partial charge in [-0.15, -0.1) is 0 Å². The Bertz CT molecular complexity index is 739.